The van der Waals surface area contributed by atoms with E-state index in [2.05, 4.69) is 4.74 Å². The minimum Gasteiger partial charge on any atom is -0.438 e. The van der Waals surface area contributed by atoms with Crippen molar-refractivity contribution in [3.05, 3.63) is 0 Å². The summed E-state index contributed by atoms with van der Waals surface area (Å²) in [7, 11) is -5.77. The molecule has 3 aliphatic rings. The monoisotopic (exact) mass is 398 g/mol. The van der Waals surface area contributed by atoms with Crippen molar-refractivity contribution in [1.82, 2.24) is 0 Å². The van der Waals surface area contributed by atoms with Crippen molar-refractivity contribution in [2.75, 3.05) is 5.75 Å². The van der Waals surface area contributed by atoms with Gasteiger partial charge in [0.1, 0.15) is 5.75 Å². The Balaban J connectivity index is 1.90. The van der Waals surface area contributed by atoms with E-state index in [1.54, 1.807) is 0 Å². The fraction of sp³-hybridized carbons (Fsp3) is 0.917. The summed E-state index contributed by atoms with van der Waals surface area (Å²) < 4.78 is 118. The number of ether oxygens (including phenoxy) is 2. The van der Waals surface area contributed by atoms with Gasteiger partial charge in [-0.15, -0.1) is 0 Å². The molecule has 3 fully saturated rings. The predicted octanol–water partition coefficient (Wildman–Crippen LogP) is 1.70. The van der Waals surface area contributed by atoms with Crippen molar-refractivity contribution in [2.24, 2.45) is 17.8 Å². The van der Waals surface area contributed by atoms with Crippen LogP contribution in [0.1, 0.15) is 12.8 Å². The summed E-state index contributed by atoms with van der Waals surface area (Å²) in [5.74, 6) is -6.58. The Kier molecular flexibility index (Phi) is 3.91. The fourth-order valence-electron chi connectivity index (χ4n) is 3.85. The second-order valence-electron chi connectivity index (χ2n) is 6.54. The summed E-state index contributed by atoms with van der Waals surface area (Å²) in [6.45, 7) is 0. The van der Waals surface area contributed by atoms with Gasteiger partial charge in [0.15, 0.2) is 0 Å². The summed E-state index contributed by atoms with van der Waals surface area (Å²) in [4.78, 5) is 12.0. The summed E-state index contributed by atoms with van der Waals surface area (Å²) in [5, 5.41) is 0. The smallest absolute Gasteiger partial charge is 0.438 e. The molecule has 6 nitrogen and oxygen atoms in total. The van der Waals surface area contributed by atoms with E-state index in [4.69, 9.17) is 9.29 Å². The van der Waals surface area contributed by atoms with Crippen molar-refractivity contribution in [2.45, 2.75) is 43.0 Å². The molecule has 1 heterocycles. The van der Waals surface area contributed by atoms with Crippen LogP contribution in [0, 0.1) is 17.8 Å². The van der Waals surface area contributed by atoms with E-state index in [0.29, 0.717) is 6.42 Å². The minimum atomic E-state index is -6.30. The molecule has 1 saturated heterocycles. The van der Waals surface area contributed by atoms with Crippen LogP contribution in [0.3, 0.4) is 0 Å². The van der Waals surface area contributed by atoms with Crippen molar-refractivity contribution in [1.29, 1.82) is 0 Å². The second-order valence-corrected chi connectivity index (χ2v) is 7.99. The van der Waals surface area contributed by atoms with Gasteiger partial charge >= 0.3 is 23.9 Å². The molecule has 2 saturated carbocycles. The third kappa shape index (κ3) is 2.99. The van der Waals surface area contributed by atoms with Crippen LogP contribution in [0.2, 0.25) is 0 Å². The van der Waals surface area contributed by atoms with E-state index in [1.807, 2.05) is 0 Å². The van der Waals surface area contributed by atoms with Crippen molar-refractivity contribution >= 4 is 16.1 Å². The molecule has 0 amide bonds. The van der Waals surface area contributed by atoms with Crippen LogP contribution in [-0.2, 0) is 24.4 Å². The summed E-state index contributed by atoms with van der Waals surface area (Å²) >= 11 is 0. The molecule has 2 bridgehead atoms. The third-order valence-corrected chi connectivity index (χ3v) is 5.75. The highest BCUT2D eigenvalue weighted by Crippen LogP contribution is 2.59. The standard InChI is InChI=1S/C12H12F6O6S/c13-11(14,15)10(12(16,17)18,3-25(20,21)22)24-9(19)6-2-4-1-5(6)8-7(4)23-8/h4-8H,1-3H2,(H,20,21,22). The molecule has 0 aromatic heterocycles. The predicted molar refractivity (Wildman–Crippen MR) is 65.7 cm³/mol. The lowest BCUT2D eigenvalue weighted by molar-refractivity contribution is -0.362. The van der Waals surface area contributed by atoms with Crippen LogP contribution < -0.4 is 0 Å². The van der Waals surface area contributed by atoms with E-state index >= 15 is 0 Å². The lowest BCUT2D eigenvalue weighted by atomic mass is 9.88. The van der Waals surface area contributed by atoms with Gasteiger partial charge in [-0.2, -0.15) is 34.8 Å². The Labute approximate surface area is 137 Å². The highest BCUT2D eigenvalue weighted by Gasteiger charge is 2.76. The number of carbonyl (C=O) groups is 1. The van der Waals surface area contributed by atoms with Crippen LogP contribution >= 0.6 is 0 Å². The van der Waals surface area contributed by atoms with Gasteiger partial charge in [-0.25, -0.2) is 0 Å². The van der Waals surface area contributed by atoms with Crippen LogP contribution in [0.5, 0.6) is 0 Å². The zero-order chi connectivity index (χ0) is 19.0. The first kappa shape index (κ1) is 18.7. The van der Waals surface area contributed by atoms with Crippen LogP contribution in [0.4, 0.5) is 26.3 Å². The maximum absolute atomic E-state index is 13.1. The number of rotatable bonds is 4. The molecule has 0 aromatic rings. The molecule has 1 N–H and O–H groups in total. The molecule has 0 radical (unpaired) electrons. The lowest BCUT2D eigenvalue weighted by Gasteiger charge is -2.36. The van der Waals surface area contributed by atoms with Crippen molar-refractivity contribution in [3.8, 4) is 0 Å². The third-order valence-electron chi connectivity index (χ3n) is 4.98. The molecule has 5 atom stereocenters. The molecule has 144 valence electrons. The Hall–Kier alpha value is -1.08. The number of hydrogen-bond acceptors (Lipinski definition) is 5. The fourth-order valence-corrected chi connectivity index (χ4v) is 4.75. The molecule has 13 heteroatoms. The van der Waals surface area contributed by atoms with Gasteiger partial charge in [0, 0.05) is 5.92 Å². The van der Waals surface area contributed by atoms with Gasteiger partial charge < -0.3 is 9.47 Å². The first-order valence-corrected chi connectivity index (χ1v) is 8.74. The number of fused-ring (bicyclic) bond motifs is 5. The van der Waals surface area contributed by atoms with Crippen molar-refractivity contribution in [3.63, 3.8) is 0 Å². The quantitative estimate of drug-likeness (QED) is 0.335. The molecule has 0 aromatic carbocycles. The van der Waals surface area contributed by atoms with E-state index in [1.165, 1.54) is 0 Å². The Morgan fingerprint density at radius 1 is 1.08 bits per heavy atom. The lowest BCUT2D eigenvalue weighted by Crippen LogP contribution is -2.64. The highest BCUT2D eigenvalue weighted by atomic mass is 32.2. The molecule has 1 aliphatic heterocycles. The highest BCUT2D eigenvalue weighted by molar-refractivity contribution is 7.85. The average Bonchev–Trinajstić information content (AvgIpc) is 2.98. The number of halogens is 6. The van der Waals surface area contributed by atoms with Crippen LogP contribution in [0.15, 0.2) is 0 Å². The normalized spacial score (nSPS) is 34.8. The second kappa shape index (κ2) is 5.22. The van der Waals surface area contributed by atoms with Gasteiger partial charge in [-0.3, -0.25) is 9.35 Å². The zero-order valence-corrected chi connectivity index (χ0v) is 13.0. The summed E-state index contributed by atoms with van der Waals surface area (Å²) in [5.41, 5.74) is -5.34. The van der Waals surface area contributed by atoms with Crippen molar-refractivity contribution < 1.29 is 53.6 Å². The number of esters is 1. The zero-order valence-electron chi connectivity index (χ0n) is 12.2. The molecule has 5 unspecified atom stereocenters. The Bertz CT molecular complexity index is 671. The van der Waals surface area contributed by atoms with Gasteiger partial charge in [0.2, 0.25) is 0 Å². The maximum atomic E-state index is 13.1. The van der Waals surface area contributed by atoms with E-state index in [9.17, 15) is 39.6 Å². The molecule has 0 spiro atoms. The Morgan fingerprint density at radius 3 is 2.04 bits per heavy atom. The first-order valence-electron chi connectivity index (χ1n) is 7.13. The number of carbonyl (C=O) groups excluding carboxylic acids is 1. The van der Waals surface area contributed by atoms with E-state index in [-0.39, 0.29) is 24.5 Å². The summed E-state index contributed by atoms with van der Waals surface area (Å²) in [6.07, 6.45) is -12.7. The number of hydrogen-bond donors (Lipinski definition) is 1. The van der Waals surface area contributed by atoms with E-state index in [0.717, 1.165) is 0 Å². The maximum Gasteiger partial charge on any atom is 0.438 e. The number of epoxide rings is 1. The number of alkyl halides is 6. The van der Waals surface area contributed by atoms with Crippen LogP contribution in [0.25, 0.3) is 0 Å². The van der Waals surface area contributed by atoms with Gasteiger partial charge in [0.25, 0.3) is 10.1 Å². The molecule has 3 rings (SSSR count). The molecule has 25 heavy (non-hydrogen) atoms. The topological polar surface area (TPSA) is 93.2 Å². The summed E-state index contributed by atoms with van der Waals surface area (Å²) in [6, 6.07) is 0. The first-order chi connectivity index (χ1) is 11.2. The SMILES string of the molecule is O=C(OC(CS(=O)(=O)O)(C(F)(F)F)C(F)(F)F)C1CC2CC1C1OC21. The molecular weight excluding hydrogens is 386 g/mol. The van der Waals surface area contributed by atoms with Gasteiger partial charge in [-0.1, -0.05) is 0 Å². The van der Waals surface area contributed by atoms with Gasteiger partial charge in [0.05, 0.1) is 18.1 Å². The Morgan fingerprint density at radius 2 is 1.64 bits per heavy atom. The van der Waals surface area contributed by atoms with Gasteiger partial charge in [-0.05, 0) is 18.8 Å². The minimum absolute atomic E-state index is 0.0162. The molecule has 2 aliphatic carbocycles. The average molecular weight is 398 g/mol. The van der Waals surface area contributed by atoms with Crippen LogP contribution in [-0.4, -0.2) is 54.9 Å². The largest absolute Gasteiger partial charge is 0.438 e. The van der Waals surface area contributed by atoms with E-state index < -0.39 is 51.6 Å². The molecular formula is C12H12F6O6S.